The number of thiophene rings is 1. The fourth-order valence-electron chi connectivity index (χ4n) is 4.13. The first-order valence-electron chi connectivity index (χ1n) is 11.1. The van der Waals surface area contributed by atoms with Gasteiger partial charge in [0.25, 0.3) is 5.56 Å². The van der Waals surface area contributed by atoms with Crippen molar-refractivity contribution in [1.82, 2.24) is 14.5 Å². The van der Waals surface area contributed by atoms with Gasteiger partial charge in [-0.15, -0.1) is 11.3 Å². The van der Waals surface area contributed by atoms with Crippen molar-refractivity contribution in [3.8, 4) is 17.2 Å². The highest BCUT2D eigenvalue weighted by molar-refractivity contribution is 7.17. The van der Waals surface area contributed by atoms with E-state index in [1.54, 1.807) is 37.8 Å². The number of aryl methyl sites for hydroxylation is 2. The molecular formula is C26H27N3O5S. The van der Waals surface area contributed by atoms with Gasteiger partial charge in [-0.25, -0.2) is 9.36 Å². The highest BCUT2D eigenvalue weighted by Crippen LogP contribution is 2.27. The zero-order valence-electron chi connectivity index (χ0n) is 20.1. The standard InChI is InChI=1S/C26H27N3O5S/c1-16-11-17(2)13-19(12-16)29-25(31)24-20(8-10-35-24)28(26(29)32)15-23(30)27-9-7-18-5-6-21(33-3)22(14-18)34-4/h5-6,8,10-14H,7,9,15H2,1-4H3,(H,27,30). The van der Waals surface area contributed by atoms with E-state index in [1.807, 2.05) is 38.1 Å². The van der Waals surface area contributed by atoms with Crippen LogP contribution < -0.4 is 26.0 Å². The summed E-state index contributed by atoms with van der Waals surface area (Å²) in [7, 11) is 3.15. The number of hydrogen-bond donors (Lipinski definition) is 1. The van der Waals surface area contributed by atoms with E-state index >= 15 is 0 Å². The van der Waals surface area contributed by atoms with Crippen LogP contribution in [0.25, 0.3) is 15.9 Å². The lowest BCUT2D eigenvalue weighted by Gasteiger charge is -2.14. The van der Waals surface area contributed by atoms with Crippen LogP contribution in [0.2, 0.25) is 0 Å². The SMILES string of the molecule is COc1ccc(CCNC(=O)Cn2c(=O)n(-c3cc(C)cc(C)c3)c(=O)c3sccc32)cc1OC. The van der Waals surface area contributed by atoms with Gasteiger partial charge in [0.15, 0.2) is 11.5 Å². The molecule has 0 bridgehead atoms. The third kappa shape index (κ3) is 5.00. The third-order valence-corrected chi connectivity index (χ3v) is 6.60. The van der Waals surface area contributed by atoms with E-state index in [4.69, 9.17) is 9.47 Å². The first-order valence-corrected chi connectivity index (χ1v) is 12.0. The molecule has 0 spiro atoms. The monoisotopic (exact) mass is 493 g/mol. The summed E-state index contributed by atoms with van der Waals surface area (Å²) in [5.41, 5.74) is 2.89. The Bertz CT molecular complexity index is 1500. The van der Waals surface area contributed by atoms with Crippen molar-refractivity contribution in [1.29, 1.82) is 0 Å². The number of fused-ring (bicyclic) bond motifs is 1. The van der Waals surface area contributed by atoms with Gasteiger partial charge in [-0.05, 0) is 72.7 Å². The maximum absolute atomic E-state index is 13.4. The van der Waals surface area contributed by atoms with Crippen molar-refractivity contribution in [3.05, 3.63) is 85.4 Å². The minimum absolute atomic E-state index is 0.191. The second-order valence-corrected chi connectivity index (χ2v) is 9.20. The molecule has 2 aromatic heterocycles. The lowest BCUT2D eigenvalue weighted by Crippen LogP contribution is -2.41. The van der Waals surface area contributed by atoms with Gasteiger partial charge < -0.3 is 14.8 Å². The zero-order valence-corrected chi connectivity index (χ0v) is 20.9. The van der Waals surface area contributed by atoms with Crippen LogP contribution in [0.1, 0.15) is 16.7 Å². The third-order valence-electron chi connectivity index (χ3n) is 5.70. The molecule has 2 aromatic carbocycles. The molecule has 0 aliphatic rings. The minimum Gasteiger partial charge on any atom is -0.493 e. The van der Waals surface area contributed by atoms with Crippen LogP contribution >= 0.6 is 11.3 Å². The summed E-state index contributed by atoms with van der Waals surface area (Å²) in [6.45, 7) is 4.01. The average molecular weight is 494 g/mol. The van der Waals surface area contributed by atoms with Gasteiger partial charge in [-0.2, -0.15) is 0 Å². The summed E-state index contributed by atoms with van der Waals surface area (Å²) in [5, 5.41) is 4.62. The number of benzene rings is 2. The number of methoxy groups -OCH3 is 2. The van der Waals surface area contributed by atoms with Gasteiger partial charge in [-0.3, -0.25) is 14.2 Å². The molecule has 0 fully saturated rings. The lowest BCUT2D eigenvalue weighted by molar-refractivity contribution is -0.121. The summed E-state index contributed by atoms with van der Waals surface area (Å²) >= 11 is 1.26. The van der Waals surface area contributed by atoms with Crippen molar-refractivity contribution in [2.75, 3.05) is 20.8 Å². The number of rotatable bonds is 8. The Morgan fingerprint density at radius 2 is 1.69 bits per heavy atom. The first kappa shape index (κ1) is 24.3. The van der Waals surface area contributed by atoms with Crippen molar-refractivity contribution in [2.24, 2.45) is 0 Å². The fourth-order valence-corrected chi connectivity index (χ4v) is 4.95. The number of ether oxygens (including phenoxy) is 2. The van der Waals surface area contributed by atoms with Crippen LogP contribution in [0, 0.1) is 13.8 Å². The minimum atomic E-state index is -0.541. The number of nitrogens with zero attached hydrogens (tertiary/aromatic N) is 2. The number of hydrogen-bond acceptors (Lipinski definition) is 6. The predicted molar refractivity (Wildman–Crippen MR) is 137 cm³/mol. The summed E-state index contributed by atoms with van der Waals surface area (Å²) in [6.07, 6.45) is 0.580. The fraction of sp³-hybridized carbons (Fsp3) is 0.269. The maximum atomic E-state index is 13.4. The van der Waals surface area contributed by atoms with Crippen LogP contribution in [0.3, 0.4) is 0 Å². The van der Waals surface area contributed by atoms with Gasteiger partial charge in [0.05, 0.1) is 25.4 Å². The Hall–Kier alpha value is -3.85. The Balaban J connectivity index is 1.57. The van der Waals surface area contributed by atoms with Gasteiger partial charge >= 0.3 is 5.69 Å². The molecule has 1 amide bonds. The van der Waals surface area contributed by atoms with Crippen molar-refractivity contribution >= 4 is 27.5 Å². The van der Waals surface area contributed by atoms with Crippen molar-refractivity contribution in [2.45, 2.75) is 26.8 Å². The van der Waals surface area contributed by atoms with Gasteiger partial charge in [0.2, 0.25) is 5.91 Å². The van der Waals surface area contributed by atoms with Crippen LogP contribution in [0.15, 0.2) is 57.4 Å². The second kappa shape index (κ2) is 10.2. The van der Waals surface area contributed by atoms with Gasteiger partial charge in [-0.1, -0.05) is 12.1 Å². The molecule has 4 rings (SSSR count). The van der Waals surface area contributed by atoms with Gasteiger partial charge in [0, 0.05) is 6.54 Å². The molecular weight excluding hydrogens is 466 g/mol. The number of amides is 1. The Labute approximate surface area is 206 Å². The molecule has 8 nitrogen and oxygen atoms in total. The van der Waals surface area contributed by atoms with E-state index in [0.29, 0.717) is 40.4 Å². The van der Waals surface area contributed by atoms with E-state index in [9.17, 15) is 14.4 Å². The Kier molecular flexibility index (Phi) is 7.07. The molecule has 35 heavy (non-hydrogen) atoms. The van der Waals surface area contributed by atoms with E-state index in [-0.39, 0.29) is 18.0 Å². The largest absolute Gasteiger partial charge is 0.493 e. The highest BCUT2D eigenvalue weighted by Gasteiger charge is 2.18. The smallest absolute Gasteiger partial charge is 0.336 e. The van der Waals surface area contributed by atoms with Crippen LogP contribution in [0.5, 0.6) is 11.5 Å². The Morgan fingerprint density at radius 1 is 0.971 bits per heavy atom. The number of aromatic nitrogens is 2. The number of carbonyl (C=O) groups excluding carboxylic acids is 1. The molecule has 0 unspecified atom stereocenters. The molecule has 0 saturated carbocycles. The molecule has 0 aliphatic carbocycles. The molecule has 0 atom stereocenters. The topological polar surface area (TPSA) is 91.6 Å². The van der Waals surface area contributed by atoms with E-state index in [1.165, 1.54) is 15.9 Å². The predicted octanol–water partition coefficient (Wildman–Crippen LogP) is 3.21. The molecule has 9 heteroatoms. The number of nitrogens with one attached hydrogen (secondary N) is 1. The normalized spacial score (nSPS) is 11.0. The van der Waals surface area contributed by atoms with Gasteiger partial charge in [0.1, 0.15) is 11.2 Å². The average Bonchev–Trinajstić information content (AvgIpc) is 3.31. The summed E-state index contributed by atoms with van der Waals surface area (Å²) in [6, 6.07) is 12.9. The van der Waals surface area contributed by atoms with Crippen LogP contribution in [0.4, 0.5) is 0 Å². The Morgan fingerprint density at radius 3 is 2.37 bits per heavy atom. The zero-order chi connectivity index (χ0) is 25.1. The summed E-state index contributed by atoms with van der Waals surface area (Å²) in [5.74, 6) is 0.945. The molecule has 182 valence electrons. The van der Waals surface area contributed by atoms with E-state index in [2.05, 4.69) is 5.32 Å². The van der Waals surface area contributed by atoms with Crippen LogP contribution in [-0.2, 0) is 17.8 Å². The molecule has 2 heterocycles. The first-order chi connectivity index (χ1) is 16.8. The van der Waals surface area contributed by atoms with Crippen LogP contribution in [-0.4, -0.2) is 35.8 Å². The van der Waals surface area contributed by atoms with E-state index < -0.39 is 5.69 Å². The van der Waals surface area contributed by atoms with Crippen molar-refractivity contribution < 1.29 is 14.3 Å². The molecule has 4 aromatic rings. The second-order valence-electron chi connectivity index (χ2n) is 8.28. The summed E-state index contributed by atoms with van der Waals surface area (Å²) < 4.78 is 13.5. The molecule has 0 aliphatic heterocycles. The highest BCUT2D eigenvalue weighted by atomic mass is 32.1. The lowest BCUT2D eigenvalue weighted by atomic mass is 10.1. The van der Waals surface area contributed by atoms with Crippen molar-refractivity contribution in [3.63, 3.8) is 0 Å². The molecule has 1 N–H and O–H groups in total. The summed E-state index contributed by atoms with van der Waals surface area (Å²) in [4.78, 5) is 39.3. The molecule has 0 radical (unpaired) electrons. The maximum Gasteiger partial charge on any atom is 0.336 e. The number of carbonyl (C=O) groups is 1. The van der Waals surface area contributed by atoms with E-state index in [0.717, 1.165) is 21.3 Å². The quantitative estimate of drug-likeness (QED) is 0.407. The molecule has 0 saturated heterocycles.